The van der Waals surface area contributed by atoms with E-state index in [0.29, 0.717) is 30.2 Å². The Hall–Kier alpha value is -3.44. The van der Waals surface area contributed by atoms with Gasteiger partial charge in [-0.15, -0.1) is 0 Å². The fourth-order valence-corrected chi connectivity index (χ4v) is 3.97. The van der Waals surface area contributed by atoms with Gasteiger partial charge in [-0.25, -0.2) is 4.39 Å². The van der Waals surface area contributed by atoms with E-state index < -0.39 is 0 Å². The van der Waals surface area contributed by atoms with E-state index in [1.807, 2.05) is 31.2 Å². The third kappa shape index (κ3) is 3.37. The Balaban J connectivity index is 1.48. The molecule has 4 nitrogen and oxygen atoms in total. The van der Waals surface area contributed by atoms with Gasteiger partial charge in [0.15, 0.2) is 5.76 Å². The van der Waals surface area contributed by atoms with Crippen LogP contribution in [0.4, 0.5) is 4.39 Å². The van der Waals surface area contributed by atoms with E-state index in [1.54, 1.807) is 18.2 Å². The fraction of sp³-hybridized carbons (Fsp3) is 0.160. The van der Waals surface area contributed by atoms with Crippen molar-refractivity contribution in [2.75, 3.05) is 6.73 Å². The first-order chi connectivity index (χ1) is 14.6. The molecule has 30 heavy (non-hydrogen) atoms. The quantitative estimate of drug-likeness (QED) is 0.572. The number of allylic oxidation sites excluding steroid dienone is 1. The second kappa shape index (κ2) is 7.43. The second-order valence-electron chi connectivity index (χ2n) is 7.62. The number of rotatable bonds is 3. The molecule has 0 fully saturated rings. The smallest absolute Gasteiger partial charge is 0.232 e. The molecule has 0 unspecified atom stereocenters. The van der Waals surface area contributed by atoms with E-state index >= 15 is 0 Å². The van der Waals surface area contributed by atoms with Crippen LogP contribution in [0, 0.1) is 12.7 Å². The minimum Gasteiger partial charge on any atom is -0.478 e. The van der Waals surface area contributed by atoms with Crippen molar-refractivity contribution in [3.8, 4) is 11.5 Å². The predicted molar refractivity (Wildman–Crippen MR) is 112 cm³/mol. The average Bonchev–Trinajstić information content (AvgIpc) is 3.06. The summed E-state index contributed by atoms with van der Waals surface area (Å²) in [4.78, 5) is 15.2. The van der Waals surface area contributed by atoms with Gasteiger partial charge in [0.05, 0.1) is 11.1 Å². The minimum atomic E-state index is -0.356. The Morgan fingerprint density at radius 3 is 2.73 bits per heavy atom. The first-order valence-corrected chi connectivity index (χ1v) is 9.84. The summed E-state index contributed by atoms with van der Waals surface area (Å²) in [5.74, 6) is 0.957. The van der Waals surface area contributed by atoms with Crippen molar-refractivity contribution in [2.24, 2.45) is 0 Å². The summed E-state index contributed by atoms with van der Waals surface area (Å²) in [6.07, 6.45) is 1.59. The summed E-state index contributed by atoms with van der Waals surface area (Å²) in [6.45, 7) is 3.71. The molecule has 0 saturated carbocycles. The highest BCUT2D eigenvalue weighted by Crippen LogP contribution is 2.44. The Labute approximate surface area is 174 Å². The van der Waals surface area contributed by atoms with Crippen molar-refractivity contribution < 1.29 is 18.7 Å². The molecule has 0 bridgehead atoms. The van der Waals surface area contributed by atoms with Gasteiger partial charge < -0.3 is 9.47 Å². The van der Waals surface area contributed by atoms with Gasteiger partial charge in [0, 0.05) is 13.1 Å². The first kappa shape index (κ1) is 18.6. The molecule has 5 rings (SSSR count). The number of carbonyl (C=O) groups excluding carboxylic acids is 1. The van der Waals surface area contributed by atoms with E-state index in [1.165, 1.54) is 17.7 Å². The van der Waals surface area contributed by atoms with Gasteiger partial charge in [-0.05, 0) is 47.9 Å². The molecule has 2 aliphatic rings. The Kier molecular flexibility index (Phi) is 4.60. The van der Waals surface area contributed by atoms with Gasteiger partial charge in [-0.2, -0.15) is 0 Å². The van der Waals surface area contributed by atoms with E-state index in [9.17, 15) is 9.18 Å². The standard InChI is InChI=1S/C25H20FNO3/c1-16-10-21-20(14-27(15-29-21)13-17-6-3-2-4-7-17)25-23(16)24(28)22(30-25)12-18-8-5-9-19(26)11-18/h2-12H,13-15H2,1H3/b22-12-. The van der Waals surface area contributed by atoms with Gasteiger partial charge in [0.2, 0.25) is 5.78 Å². The Morgan fingerprint density at radius 1 is 1.10 bits per heavy atom. The molecule has 0 saturated heterocycles. The zero-order chi connectivity index (χ0) is 20.7. The van der Waals surface area contributed by atoms with Crippen molar-refractivity contribution in [3.63, 3.8) is 0 Å². The molecule has 0 aliphatic carbocycles. The van der Waals surface area contributed by atoms with Gasteiger partial charge in [-0.1, -0.05) is 42.5 Å². The lowest BCUT2D eigenvalue weighted by Crippen LogP contribution is -2.31. The van der Waals surface area contributed by atoms with Crippen molar-refractivity contribution in [3.05, 3.63) is 100 Å². The molecule has 0 spiro atoms. The zero-order valence-electron chi connectivity index (χ0n) is 16.5. The molecular weight excluding hydrogens is 381 g/mol. The maximum absolute atomic E-state index is 13.5. The number of hydrogen-bond donors (Lipinski definition) is 0. The summed E-state index contributed by atoms with van der Waals surface area (Å²) in [5, 5.41) is 0. The van der Waals surface area contributed by atoms with Gasteiger partial charge in [-0.3, -0.25) is 9.69 Å². The van der Waals surface area contributed by atoms with Gasteiger partial charge in [0.25, 0.3) is 0 Å². The number of nitrogens with zero attached hydrogens (tertiary/aromatic N) is 1. The third-order valence-corrected chi connectivity index (χ3v) is 5.38. The maximum atomic E-state index is 13.5. The largest absolute Gasteiger partial charge is 0.478 e. The lowest BCUT2D eigenvalue weighted by Gasteiger charge is -2.30. The van der Waals surface area contributed by atoms with Crippen molar-refractivity contribution >= 4 is 11.9 Å². The van der Waals surface area contributed by atoms with Crippen LogP contribution in [0.15, 0.2) is 66.4 Å². The zero-order valence-corrected chi connectivity index (χ0v) is 16.5. The molecule has 3 aromatic rings. The molecule has 0 N–H and O–H groups in total. The molecule has 0 amide bonds. The molecule has 0 atom stereocenters. The number of halogens is 1. The van der Waals surface area contributed by atoms with E-state index in [2.05, 4.69) is 17.0 Å². The molecule has 3 aromatic carbocycles. The number of benzene rings is 3. The Morgan fingerprint density at radius 2 is 1.93 bits per heavy atom. The number of ether oxygens (including phenoxy) is 2. The molecule has 0 radical (unpaired) electrons. The van der Waals surface area contributed by atoms with Gasteiger partial charge >= 0.3 is 0 Å². The van der Waals surface area contributed by atoms with E-state index in [4.69, 9.17) is 9.47 Å². The number of carbonyl (C=O) groups is 1. The molecular formula is C25H20FNO3. The Bertz CT molecular complexity index is 1170. The van der Waals surface area contributed by atoms with Crippen LogP contribution >= 0.6 is 0 Å². The number of ketones is 1. The van der Waals surface area contributed by atoms with Crippen molar-refractivity contribution in [1.82, 2.24) is 4.90 Å². The van der Waals surface area contributed by atoms with Crippen molar-refractivity contribution in [1.29, 1.82) is 0 Å². The van der Waals surface area contributed by atoms with Crippen LogP contribution in [0.5, 0.6) is 11.5 Å². The van der Waals surface area contributed by atoms with Crippen LogP contribution < -0.4 is 9.47 Å². The van der Waals surface area contributed by atoms with Crippen LogP contribution in [-0.4, -0.2) is 17.4 Å². The highest BCUT2D eigenvalue weighted by atomic mass is 19.1. The maximum Gasteiger partial charge on any atom is 0.232 e. The van der Waals surface area contributed by atoms with Crippen molar-refractivity contribution in [2.45, 2.75) is 20.0 Å². The number of Topliss-reactive ketones (excluding diaryl/α,β-unsaturated/α-hetero) is 1. The highest BCUT2D eigenvalue weighted by Gasteiger charge is 2.35. The first-order valence-electron chi connectivity index (χ1n) is 9.84. The monoisotopic (exact) mass is 401 g/mol. The lowest BCUT2D eigenvalue weighted by atomic mass is 9.98. The number of hydrogen-bond acceptors (Lipinski definition) is 4. The van der Waals surface area contributed by atoms with Crippen LogP contribution in [0.3, 0.4) is 0 Å². The molecule has 2 heterocycles. The lowest BCUT2D eigenvalue weighted by molar-refractivity contribution is 0.0872. The summed E-state index contributed by atoms with van der Waals surface area (Å²) in [6, 6.07) is 18.2. The number of aryl methyl sites for hydroxylation is 1. The summed E-state index contributed by atoms with van der Waals surface area (Å²) >= 11 is 0. The van der Waals surface area contributed by atoms with Crippen LogP contribution in [0.1, 0.15) is 32.6 Å². The average molecular weight is 401 g/mol. The minimum absolute atomic E-state index is 0.185. The molecule has 0 aromatic heterocycles. The van der Waals surface area contributed by atoms with Crippen LogP contribution in [0.2, 0.25) is 0 Å². The van der Waals surface area contributed by atoms with E-state index in [0.717, 1.165) is 23.4 Å². The fourth-order valence-electron chi connectivity index (χ4n) is 3.97. The highest BCUT2D eigenvalue weighted by molar-refractivity contribution is 6.15. The molecule has 150 valence electrons. The summed E-state index contributed by atoms with van der Waals surface area (Å²) < 4.78 is 25.5. The molecule has 2 aliphatic heterocycles. The van der Waals surface area contributed by atoms with Crippen LogP contribution in [0.25, 0.3) is 6.08 Å². The topological polar surface area (TPSA) is 38.8 Å². The van der Waals surface area contributed by atoms with Crippen LogP contribution in [-0.2, 0) is 13.1 Å². The normalized spacial score (nSPS) is 16.7. The number of fused-ring (bicyclic) bond motifs is 3. The second-order valence-corrected chi connectivity index (χ2v) is 7.62. The predicted octanol–water partition coefficient (Wildman–Crippen LogP) is 5.10. The van der Waals surface area contributed by atoms with Gasteiger partial charge in [0.1, 0.15) is 24.0 Å². The summed E-state index contributed by atoms with van der Waals surface area (Å²) in [7, 11) is 0. The summed E-state index contributed by atoms with van der Waals surface area (Å²) in [5.41, 5.74) is 4.01. The SMILES string of the molecule is Cc1cc2c(c3c1C(=O)/C(=C/c1cccc(F)c1)O3)CN(Cc1ccccc1)CO2. The third-order valence-electron chi connectivity index (χ3n) is 5.38. The van der Waals surface area contributed by atoms with E-state index in [-0.39, 0.29) is 17.4 Å². The molecule has 5 heteroatoms.